The summed E-state index contributed by atoms with van der Waals surface area (Å²) < 4.78 is 0. The molecule has 3 rings (SSSR count). The van der Waals surface area contributed by atoms with Crippen molar-refractivity contribution in [2.24, 2.45) is 5.92 Å². The molecule has 24 heavy (non-hydrogen) atoms. The van der Waals surface area contributed by atoms with Gasteiger partial charge in [0.2, 0.25) is 0 Å². The van der Waals surface area contributed by atoms with Gasteiger partial charge in [0.15, 0.2) is 0 Å². The van der Waals surface area contributed by atoms with Crippen LogP contribution < -0.4 is 5.32 Å². The quantitative estimate of drug-likeness (QED) is 0.923. The second kappa shape index (κ2) is 8.47. The minimum atomic E-state index is 0.150. The molecule has 0 saturated carbocycles. The van der Waals surface area contributed by atoms with Gasteiger partial charge in [-0.25, -0.2) is 4.79 Å². The minimum Gasteiger partial charge on any atom is -0.335 e. The Kier molecular flexibility index (Phi) is 6.07. The molecular weight excluding hydrogens is 300 g/mol. The molecule has 1 aromatic heterocycles. The molecule has 0 radical (unpaired) electrons. The summed E-state index contributed by atoms with van der Waals surface area (Å²) in [7, 11) is 0. The van der Waals surface area contributed by atoms with E-state index in [0.717, 1.165) is 58.4 Å². The number of piperidine rings is 2. The molecule has 1 N–H and O–H groups in total. The molecule has 2 amide bonds. The molecule has 5 heteroatoms. The molecule has 3 heterocycles. The van der Waals surface area contributed by atoms with Crippen molar-refractivity contribution in [2.75, 3.05) is 32.7 Å². The first-order valence-electron chi connectivity index (χ1n) is 9.37. The van der Waals surface area contributed by atoms with Gasteiger partial charge in [-0.15, -0.1) is 0 Å². The highest BCUT2D eigenvalue weighted by Gasteiger charge is 2.25. The van der Waals surface area contributed by atoms with E-state index in [1.165, 1.54) is 12.0 Å². The Bertz CT molecular complexity index is 513. The lowest BCUT2D eigenvalue weighted by Gasteiger charge is -2.35. The van der Waals surface area contributed by atoms with Crippen molar-refractivity contribution < 1.29 is 4.79 Å². The van der Waals surface area contributed by atoms with Crippen LogP contribution in [-0.4, -0.2) is 59.6 Å². The van der Waals surface area contributed by atoms with Gasteiger partial charge in [0.05, 0.1) is 0 Å². The van der Waals surface area contributed by atoms with Crippen molar-refractivity contribution >= 4 is 6.03 Å². The minimum absolute atomic E-state index is 0.150. The summed E-state index contributed by atoms with van der Waals surface area (Å²) in [4.78, 5) is 21.0. The van der Waals surface area contributed by atoms with Crippen molar-refractivity contribution in [3.8, 4) is 0 Å². The molecule has 1 aromatic rings. The van der Waals surface area contributed by atoms with E-state index in [9.17, 15) is 4.79 Å². The van der Waals surface area contributed by atoms with Crippen molar-refractivity contribution in [2.45, 2.75) is 45.1 Å². The zero-order chi connectivity index (χ0) is 16.8. The van der Waals surface area contributed by atoms with Crippen LogP contribution >= 0.6 is 0 Å². The average Bonchev–Trinajstić information content (AvgIpc) is 2.62. The van der Waals surface area contributed by atoms with Crippen LogP contribution in [0.1, 0.15) is 38.2 Å². The van der Waals surface area contributed by atoms with Crippen LogP contribution in [0.3, 0.4) is 0 Å². The molecule has 2 aliphatic heterocycles. The topological polar surface area (TPSA) is 48.5 Å². The Balaban J connectivity index is 1.36. The zero-order valence-electron chi connectivity index (χ0n) is 14.8. The van der Waals surface area contributed by atoms with E-state index in [1.807, 2.05) is 17.3 Å². The molecule has 1 unspecified atom stereocenters. The summed E-state index contributed by atoms with van der Waals surface area (Å²) in [6, 6.07) is 4.67. The zero-order valence-corrected chi connectivity index (χ0v) is 14.8. The van der Waals surface area contributed by atoms with E-state index in [-0.39, 0.29) is 6.03 Å². The first-order valence-corrected chi connectivity index (χ1v) is 9.37. The van der Waals surface area contributed by atoms with Crippen LogP contribution in [-0.2, 0) is 6.42 Å². The van der Waals surface area contributed by atoms with Gasteiger partial charge in [0.25, 0.3) is 0 Å². The van der Waals surface area contributed by atoms with E-state index in [1.54, 1.807) is 0 Å². The smallest absolute Gasteiger partial charge is 0.317 e. The van der Waals surface area contributed by atoms with Gasteiger partial charge in [-0.05, 0) is 55.7 Å². The first kappa shape index (κ1) is 17.2. The Hall–Kier alpha value is -1.62. The maximum absolute atomic E-state index is 12.4. The summed E-state index contributed by atoms with van der Waals surface area (Å²) in [5.74, 6) is 0.638. The van der Waals surface area contributed by atoms with Crippen molar-refractivity contribution in [1.29, 1.82) is 0 Å². The van der Waals surface area contributed by atoms with Crippen LogP contribution in [0.25, 0.3) is 0 Å². The summed E-state index contributed by atoms with van der Waals surface area (Å²) in [5.41, 5.74) is 1.35. The number of nitrogens with zero attached hydrogens (tertiary/aromatic N) is 3. The van der Waals surface area contributed by atoms with Gasteiger partial charge >= 0.3 is 6.03 Å². The fourth-order valence-corrected chi connectivity index (χ4v) is 3.78. The van der Waals surface area contributed by atoms with Gasteiger partial charge in [0, 0.05) is 51.2 Å². The van der Waals surface area contributed by atoms with Crippen LogP contribution in [0.4, 0.5) is 4.79 Å². The van der Waals surface area contributed by atoms with E-state index in [4.69, 9.17) is 0 Å². The molecule has 2 fully saturated rings. The number of hydrogen-bond donors (Lipinski definition) is 1. The first-order chi connectivity index (χ1) is 11.7. The lowest BCUT2D eigenvalue weighted by Crippen LogP contribution is -2.51. The summed E-state index contributed by atoms with van der Waals surface area (Å²) in [6.45, 7) is 7.31. The van der Waals surface area contributed by atoms with Gasteiger partial charge < -0.3 is 15.1 Å². The van der Waals surface area contributed by atoms with Crippen LogP contribution in [0, 0.1) is 5.92 Å². The second-order valence-electron chi connectivity index (χ2n) is 7.36. The molecule has 5 nitrogen and oxygen atoms in total. The van der Waals surface area contributed by atoms with Gasteiger partial charge in [-0.3, -0.25) is 4.98 Å². The number of urea groups is 1. The average molecular weight is 330 g/mol. The number of rotatable bonds is 4. The molecule has 0 bridgehead atoms. The van der Waals surface area contributed by atoms with Gasteiger partial charge in [-0.1, -0.05) is 6.92 Å². The van der Waals surface area contributed by atoms with Crippen molar-refractivity contribution in [3.63, 3.8) is 0 Å². The molecule has 2 aliphatic rings. The number of hydrogen-bond acceptors (Lipinski definition) is 3. The number of likely N-dealkylation sites (tertiary alicyclic amines) is 2. The molecule has 0 aromatic carbocycles. The van der Waals surface area contributed by atoms with E-state index in [2.05, 4.69) is 34.3 Å². The lowest BCUT2D eigenvalue weighted by molar-refractivity contribution is 0.154. The normalized spacial score (nSPS) is 23.2. The Morgan fingerprint density at radius 1 is 1.21 bits per heavy atom. The highest BCUT2D eigenvalue weighted by molar-refractivity contribution is 5.74. The Morgan fingerprint density at radius 2 is 1.96 bits per heavy atom. The third kappa shape index (κ3) is 4.94. The fourth-order valence-electron chi connectivity index (χ4n) is 3.78. The number of aromatic nitrogens is 1. The molecule has 0 aliphatic carbocycles. The van der Waals surface area contributed by atoms with E-state index >= 15 is 0 Å². The Morgan fingerprint density at radius 3 is 2.67 bits per heavy atom. The van der Waals surface area contributed by atoms with Gasteiger partial charge in [0.1, 0.15) is 0 Å². The van der Waals surface area contributed by atoms with Crippen molar-refractivity contribution in [1.82, 2.24) is 20.1 Å². The maximum Gasteiger partial charge on any atom is 0.317 e. The van der Waals surface area contributed by atoms with Gasteiger partial charge in [-0.2, -0.15) is 0 Å². The molecule has 2 saturated heterocycles. The maximum atomic E-state index is 12.4. The fraction of sp³-hybridized carbons (Fsp3) is 0.684. The highest BCUT2D eigenvalue weighted by Crippen LogP contribution is 2.17. The van der Waals surface area contributed by atoms with E-state index in [0.29, 0.717) is 12.0 Å². The standard InChI is InChI=1S/C19H30N4O/c1-16-3-2-11-23(15-16)19(24)21-18-7-13-22(14-8-18)12-6-17-4-9-20-10-5-17/h4-5,9-10,16,18H,2-3,6-8,11-15H2,1H3,(H,21,24). The molecule has 1 atom stereocenters. The van der Waals surface area contributed by atoms with E-state index < -0.39 is 0 Å². The summed E-state index contributed by atoms with van der Waals surface area (Å²) >= 11 is 0. The summed E-state index contributed by atoms with van der Waals surface area (Å²) in [6.07, 6.45) is 9.31. The highest BCUT2D eigenvalue weighted by atomic mass is 16.2. The number of carbonyl (C=O) groups excluding carboxylic acids is 1. The predicted octanol–water partition coefficient (Wildman–Crippen LogP) is 2.53. The largest absolute Gasteiger partial charge is 0.335 e. The number of carbonyl (C=O) groups is 1. The summed E-state index contributed by atoms with van der Waals surface area (Å²) in [5, 5.41) is 3.26. The predicted molar refractivity (Wildman–Crippen MR) is 95.9 cm³/mol. The van der Waals surface area contributed by atoms with Crippen LogP contribution in [0.2, 0.25) is 0 Å². The molecular formula is C19H30N4O. The monoisotopic (exact) mass is 330 g/mol. The third-order valence-electron chi connectivity index (χ3n) is 5.33. The third-order valence-corrected chi connectivity index (χ3v) is 5.33. The number of nitrogens with one attached hydrogen (secondary N) is 1. The number of amides is 2. The lowest BCUT2D eigenvalue weighted by atomic mass is 10.0. The van der Waals surface area contributed by atoms with Crippen molar-refractivity contribution in [3.05, 3.63) is 30.1 Å². The Labute approximate surface area is 145 Å². The number of pyridine rings is 1. The van der Waals surface area contributed by atoms with Crippen LogP contribution in [0.15, 0.2) is 24.5 Å². The second-order valence-corrected chi connectivity index (χ2v) is 7.36. The SMILES string of the molecule is CC1CCCN(C(=O)NC2CCN(CCc3ccncc3)CC2)C1. The molecule has 0 spiro atoms. The van der Waals surface area contributed by atoms with Crippen LogP contribution in [0.5, 0.6) is 0 Å². The molecule has 132 valence electrons.